The second kappa shape index (κ2) is 8.11. The van der Waals surface area contributed by atoms with Crippen LogP contribution < -0.4 is 14.8 Å². The standard InChI is InChI=1S/C22H30N2O2/c1-15-6-7-16(2)18(12-15)22-19-14-21(26-11-10-24(3)4)20(25-5)13-17(19)8-9-23-22/h6-7,12-14,22-23H,8-11H2,1-5H3. The molecule has 4 nitrogen and oxygen atoms in total. The van der Waals surface area contributed by atoms with Gasteiger partial charge in [-0.2, -0.15) is 0 Å². The van der Waals surface area contributed by atoms with Crippen molar-refractivity contribution < 1.29 is 9.47 Å². The smallest absolute Gasteiger partial charge is 0.161 e. The fraction of sp³-hybridized carbons (Fsp3) is 0.455. The number of benzene rings is 2. The second-order valence-electron chi connectivity index (χ2n) is 7.35. The molecule has 1 atom stereocenters. The van der Waals surface area contributed by atoms with Gasteiger partial charge >= 0.3 is 0 Å². The van der Waals surface area contributed by atoms with E-state index in [0.717, 1.165) is 31.0 Å². The van der Waals surface area contributed by atoms with Crippen molar-refractivity contribution in [1.29, 1.82) is 0 Å². The summed E-state index contributed by atoms with van der Waals surface area (Å²) in [5, 5.41) is 3.69. The number of aryl methyl sites for hydroxylation is 2. The van der Waals surface area contributed by atoms with Gasteiger partial charge in [-0.1, -0.05) is 23.8 Å². The molecule has 26 heavy (non-hydrogen) atoms. The van der Waals surface area contributed by atoms with Crippen molar-refractivity contribution >= 4 is 0 Å². The van der Waals surface area contributed by atoms with E-state index in [2.05, 4.69) is 54.4 Å². The van der Waals surface area contributed by atoms with Gasteiger partial charge < -0.3 is 19.7 Å². The van der Waals surface area contributed by atoms with Gasteiger partial charge in [0.15, 0.2) is 11.5 Å². The Labute approximate surface area is 157 Å². The molecule has 0 saturated carbocycles. The number of hydrogen-bond acceptors (Lipinski definition) is 4. The van der Waals surface area contributed by atoms with Crippen LogP contribution in [0.4, 0.5) is 0 Å². The van der Waals surface area contributed by atoms with Crippen LogP contribution in [0, 0.1) is 13.8 Å². The van der Waals surface area contributed by atoms with Crippen LogP contribution in [-0.2, 0) is 6.42 Å². The van der Waals surface area contributed by atoms with E-state index in [4.69, 9.17) is 9.47 Å². The Kier molecular flexibility index (Phi) is 5.84. The third kappa shape index (κ3) is 4.02. The van der Waals surface area contributed by atoms with E-state index in [1.54, 1.807) is 7.11 Å². The molecule has 0 aromatic heterocycles. The van der Waals surface area contributed by atoms with Gasteiger partial charge in [0.2, 0.25) is 0 Å². The minimum absolute atomic E-state index is 0.195. The third-order valence-corrected chi connectivity index (χ3v) is 5.02. The number of fused-ring (bicyclic) bond motifs is 1. The molecule has 0 saturated heterocycles. The van der Waals surface area contributed by atoms with Crippen molar-refractivity contribution in [1.82, 2.24) is 10.2 Å². The van der Waals surface area contributed by atoms with E-state index < -0.39 is 0 Å². The normalized spacial score (nSPS) is 16.5. The van der Waals surface area contributed by atoms with Gasteiger partial charge in [0.1, 0.15) is 6.61 Å². The van der Waals surface area contributed by atoms with Crippen molar-refractivity contribution in [3.63, 3.8) is 0 Å². The zero-order valence-corrected chi connectivity index (χ0v) is 16.6. The first kappa shape index (κ1) is 18.7. The van der Waals surface area contributed by atoms with Crippen LogP contribution in [-0.4, -0.2) is 45.8 Å². The van der Waals surface area contributed by atoms with E-state index in [9.17, 15) is 0 Å². The van der Waals surface area contributed by atoms with Gasteiger partial charge in [0.25, 0.3) is 0 Å². The average molecular weight is 354 g/mol. The van der Waals surface area contributed by atoms with Gasteiger partial charge in [-0.05, 0) is 68.8 Å². The Morgan fingerprint density at radius 2 is 1.88 bits per heavy atom. The lowest BCUT2D eigenvalue weighted by atomic mass is 9.87. The Bertz CT molecular complexity index is 771. The zero-order chi connectivity index (χ0) is 18.7. The van der Waals surface area contributed by atoms with Gasteiger partial charge in [-0.15, -0.1) is 0 Å². The monoisotopic (exact) mass is 354 g/mol. The van der Waals surface area contributed by atoms with Crippen LogP contribution in [0.1, 0.15) is 33.9 Å². The first-order chi connectivity index (χ1) is 12.5. The van der Waals surface area contributed by atoms with Crippen LogP contribution in [0.25, 0.3) is 0 Å². The lowest BCUT2D eigenvalue weighted by Crippen LogP contribution is -2.31. The van der Waals surface area contributed by atoms with Crippen molar-refractivity contribution in [2.24, 2.45) is 0 Å². The fourth-order valence-corrected chi connectivity index (χ4v) is 3.52. The molecule has 4 heteroatoms. The third-order valence-electron chi connectivity index (χ3n) is 5.02. The molecule has 0 aliphatic carbocycles. The zero-order valence-electron chi connectivity index (χ0n) is 16.6. The summed E-state index contributed by atoms with van der Waals surface area (Å²) in [5.41, 5.74) is 6.58. The highest BCUT2D eigenvalue weighted by Crippen LogP contribution is 2.38. The van der Waals surface area contributed by atoms with Gasteiger partial charge in [0.05, 0.1) is 13.2 Å². The van der Waals surface area contributed by atoms with E-state index >= 15 is 0 Å². The summed E-state index contributed by atoms with van der Waals surface area (Å²) in [4.78, 5) is 2.12. The molecule has 0 fully saturated rings. The molecule has 0 amide bonds. The molecule has 1 unspecified atom stereocenters. The van der Waals surface area contributed by atoms with E-state index in [1.165, 1.54) is 27.8 Å². The SMILES string of the molecule is COc1cc2c(cc1OCCN(C)C)C(c1cc(C)ccc1C)NCC2. The van der Waals surface area contributed by atoms with Crippen LogP contribution in [0.2, 0.25) is 0 Å². The van der Waals surface area contributed by atoms with Crippen LogP contribution in [0.15, 0.2) is 30.3 Å². The predicted octanol–water partition coefficient (Wildman–Crippen LogP) is 3.49. The average Bonchev–Trinajstić information content (AvgIpc) is 2.62. The maximum Gasteiger partial charge on any atom is 0.161 e. The molecule has 0 bridgehead atoms. The van der Waals surface area contributed by atoms with E-state index in [1.807, 2.05) is 14.1 Å². The first-order valence-corrected chi connectivity index (χ1v) is 9.28. The first-order valence-electron chi connectivity index (χ1n) is 9.28. The quantitative estimate of drug-likeness (QED) is 0.861. The predicted molar refractivity (Wildman–Crippen MR) is 107 cm³/mol. The highest BCUT2D eigenvalue weighted by Gasteiger charge is 2.25. The number of ether oxygens (including phenoxy) is 2. The lowest BCUT2D eigenvalue weighted by molar-refractivity contribution is 0.250. The molecule has 3 rings (SSSR count). The highest BCUT2D eigenvalue weighted by molar-refractivity contribution is 5.52. The summed E-state index contributed by atoms with van der Waals surface area (Å²) < 4.78 is 11.6. The van der Waals surface area contributed by atoms with Gasteiger partial charge in [-0.25, -0.2) is 0 Å². The molecule has 0 radical (unpaired) electrons. The summed E-state index contributed by atoms with van der Waals surface area (Å²) in [6.45, 7) is 6.82. The maximum atomic E-state index is 6.05. The fourth-order valence-electron chi connectivity index (χ4n) is 3.52. The summed E-state index contributed by atoms with van der Waals surface area (Å²) in [6, 6.07) is 11.2. The Morgan fingerprint density at radius 3 is 2.62 bits per heavy atom. The summed E-state index contributed by atoms with van der Waals surface area (Å²) in [6.07, 6.45) is 1.00. The lowest BCUT2D eigenvalue weighted by Gasteiger charge is -2.30. The molecule has 140 valence electrons. The molecule has 1 aliphatic rings. The molecule has 1 heterocycles. The molecule has 2 aromatic carbocycles. The Morgan fingerprint density at radius 1 is 1.08 bits per heavy atom. The molecular formula is C22H30N2O2. The topological polar surface area (TPSA) is 33.7 Å². The summed E-state index contributed by atoms with van der Waals surface area (Å²) >= 11 is 0. The molecular weight excluding hydrogens is 324 g/mol. The number of nitrogens with zero attached hydrogens (tertiary/aromatic N) is 1. The van der Waals surface area contributed by atoms with Gasteiger partial charge in [-0.3, -0.25) is 0 Å². The maximum absolute atomic E-state index is 6.05. The largest absolute Gasteiger partial charge is 0.493 e. The Hall–Kier alpha value is -2.04. The van der Waals surface area contributed by atoms with Crippen molar-refractivity contribution in [2.75, 3.05) is 40.9 Å². The summed E-state index contributed by atoms with van der Waals surface area (Å²) in [7, 11) is 5.81. The number of hydrogen-bond donors (Lipinski definition) is 1. The number of nitrogens with one attached hydrogen (secondary N) is 1. The van der Waals surface area contributed by atoms with Crippen molar-refractivity contribution in [2.45, 2.75) is 26.3 Å². The van der Waals surface area contributed by atoms with Crippen molar-refractivity contribution in [3.8, 4) is 11.5 Å². The minimum Gasteiger partial charge on any atom is -0.493 e. The summed E-state index contributed by atoms with van der Waals surface area (Å²) in [5.74, 6) is 1.65. The van der Waals surface area contributed by atoms with E-state index in [0.29, 0.717) is 6.61 Å². The second-order valence-corrected chi connectivity index (χ2v) is 7.35. The molecule has 2 aromatic rings. The molecule has 0 spiro atoms. The Balaban J connectivity index is 1.98. The number of methoxy groups -OCH3 is 1. The molecule has 1 aliphatic heterocycles. The van der Waals surface area contributed by atoms with Crippen LogP contribution >= 0.6 is 0 Å². The minimum atomic E-state index is 0.195. The van der Waals surface area contributed by atoms with E-state index in [-0.39, 0.29) is 6.04 Å². The number of likely N-dealkylation sites (N-methyl/N-ethyl adjacent to an activating group) is 1. The van der Waals surface area contributed by atoms with Crippen LogP contribution in [0.5, 0.6) is 11.5 Å². The van der Waals surface area contributed by atoms with Crippen LogP contribution in [0.3, 0.4) is 0 Å². The van der Waals surface area contributed by atoms with Gasteiger partial charge in [0, 0.05) is 13.1 Å². The molecule has 1 N–H and O–H groups in total. The highest BCUT2D eigenvalue weighted by atomic mass is 16.5. The number of rotatable bonds is 6. The van der Waals surface area contributed by atoms with Crippen molar-refractivity contribution in [3.05, 3.63) is 58.1 Å².